The van der Waals surface area contributed by atoms with E-state index in [1.54, 1.807) is 13.1 Å². The molecule has 0 unspecified atom stereocenters. The van der Waals surface area contributed by atoms with Crippen LogP contribution >= 0.6 is 0 Å². The average Bonchev–Trinajstić information content (AvgIpc) is 2.89. The van der Waals surface area contributed by atoms with E-state index < -0.39 is 5.97 Å². The molecule has 0 bridgehead atoms. The third kappa shape index (κ3) is 2.59. The number of ether oxygens (including phenoxy) is 1. The quantitative estimate of drug-likeness (QED) is 0.841. The number of nitrogens with zero attached hydrogens (tertiary/aromatic N) is 1. The molecule has 0 fully saturated rings. The molecular formula is C14H16N2O2. The molecule has 0 radical (unpaired) electrons. The van der Waals surface area contributed by atoms with Crippen molar-refractivity contribution in [3.63, 3.8) is 0 Å². The Labute approximate surface area is 106 Å². The fraction of sp³-hybridized carbons (Fsp3) is 0.286. The van der Waals surface area contributed by atoms with Crippen LogP contribution in [-0.4, -0.2) is 22.5 Å². The molecule has 18 heavy (non-hydrogen) atoms. The van der Waals surface area contributed by atoms with Crippen molar-refractivity contribution in [2.24, 2.45) is 0 Å². The van der Waals surface area contributed by atoms with Crippen LogP contribution in [-0.2, 0) is 11.2 Å². The highest BCUT2D eigenvalue weighted by molar-refractivity contribution is 5.86. The predicted octanol–water partition coefficient (Wildman–Crippen LogP) is 2.82. The smallest absolute Gasteiger partial charge is 0.374 e. The van der Waals surface area contributed by atoms with E-state index in [9.17, 15) is 4.79 Å². The Balaban J connectivity index is 2.20. The van der Waals surface area contributed by atoms with Crippen molar-refractivity contribution in [3.05, 3.63) is 41.9 Å². The number of benzene rings is 1. The van der Waals surface area contributed by atoms with Gasteiger partial charge in [-0.15, -0.1) is 0 Å². The number of imidazole rings is 1. The van der Waals surface area contributed by atoms with Crippen molar-refractivity contribution in [2.45, 2.75) is 20.3 Å². The number of aromatic amines is 1. The molecular weight excluding hydrogens is 228 g/mol. The number of aromatic nitrogens is 2. The maximum atomic E-state index is 11.5. The molecule has 0 aliphatic carbocycles. The first kappa shape index (κ1) is 12.4. The molecule has 0 spiro atoms. The fourth-order valence-corrected chi connectivity index (χ4v) is 1.69. The maximum Gasteiger partial charge on any atom is 0.374 e. The summed E-state index contributed by atoms with van der Waals surface area (Å²) in [7, 11) is 0. The second kappa shape index (κ2) is 5.49. The van der Waals surface area contributed by atoms with E-state index in [1.165, 1.54) is 5.56 Å². The summed E-state index contributed by atoms with van der Waals surface area (Å²) in [6, 6.07) is 8.17. The zero-order valence-electron chi connectivity index (χ0n) is 10.6. The third-order valence-electron chi connectivity index (χ3n) is 2.72. The minimum absolute atomic E-state index is 0.242. The lowest BCUT2D eigenvalue weighted by atomic mass is 10.1. The summed E-state index contributed by atoms with van der Waals surface area (Å²) >= 11 is 0. The van der Waals surface area contributed by atoms with Crippen LogP contribution in [0, 0.1) is 0 Å². The summed E-state index contributed by atoms with van der Waals surface area (Å²) in [6.07, 6.45) is 2.66. The number of carbonyl (C=O) groups is 1. The predicted molar refractivity (Wildman–Crippen MR) is 69.4 cm³/mol. The number of carbonyl (C=O) groups excluding carboxylic acids is 1. The minimum Gasteiger partial charge on any atom is -0.460 e. The molecule has 0 amide bonds. The van der Waals surface area contributed by atoms with Gasteiger partial charge in [-0.3, -0.25) is 0 Å². The van der Waals surface area contributed by atoms with Crippen molar-refractivity contribution in [2.75, 3.05) is 6.61 Å². The van der Waals surface area contributed by atoms with E-state index in [2.05, 4.69) is 29.0 Å². The van der Waals surface area contributed by atoms with Crippen molar-refractivity contribution in [1.82, 2.24) is 9.97 Å². The van der Waals surface area contributed by atoms with Crippen LogP contribution in [0.25, 0.3) is 11.3 Å². The lowest BCUT2D eigenvalue weighted by Gasteiger charge is -2.00. The molecule has 0 saturated heterocycles. The van der Waals surface area contributed by atoms with E-state index in [0.717, 1.165) is 17.7 Å². The Morgan fingerprint density at radius 3 is 2.61 bits per heavy atom. The first-order chi connectivity index (χ1) is 8.74. The van der Waals surface area contributed by atoms with Crippen molar-refractivity contribution < 1.29 is 9.53 Å². The number of esters is 1. The van der Waals surface area contributed by atoms with Gasteiger partial charge < -0.3 is 9.72 Å². The van der Waals surface area contributed by atoms with E-state index in [4.69, 9.17) is 4.74 Å². The Hall–Kier alpha value is -2.10. The number of H-pyrrole nitrogens is 1. The van der Waals surface area contributed by atoms with Crippen LogP contribution in [0.1, 0.15) is 30.0 Å². The molecule has 0 aliphatic rings. The van der Waals surface area contributed by atoms with Crippen LogP contribution < -0.4 is 0 Å². The van der Waals surface area contributed by atoms with Crippen molar-refractivity contribution in [1.29, 1.82) is 0 Å². The molecule has 0 atom stereocenters. The molecule has 1 N–H and O–H groups in total. The molecule has 1 heterocycles. The third-order valence-corrected chi connectivity index (χ3v) is 2.72. The van der Waals surface area contributed by atoms with Gasteiger partial charge in [0.2, 0.25) is 5.82 Å². The summed E-state index contributed by atoms with van der Waals surface area (Å²) in [5.74, 6) is -0.180. The first-order valence-corrected chi connectivity index (χ1v) is 6.06. The van der Waals surface area contributed by atoms with Crippen molar-refractivity contribution in [3.8, 4) is 11.3 Å². The molecule has 0 saturated carbocycles. The largest absolute Gasteiger partial charge is 0.460 e. The molecule has 1 aromatic carbocycles. The lowest BCUT2D eigenvalue weighted by molar-refractivity contribution is 0.0513. The molecule has 1 aromatic heterocycles. The Morgan fingerprint density at radius 1 is 1.28 bits per heavy atom. The van der Waals surface area contributed by atoms with Crippen LogP contribution in [0.15, 0.2) is 30.5 Å². The SMILES string of the molecule is CCOC(=O)c1ncc(-c2ccc(CC)cc2)[nH]1. The van der Waals surface area contributed by atoms with Crippen LogP contribution in [0.4, 0.5) is 0 Å². The van der Waals surface area contributed by atoms with E-state index in [0.29, 0.717) is 6.61 Å². The van der Waals surface area contributed by atoms with E-state index in [1.807, 2.05) is 12.1 Å². The molecule has 2 rings (SSSR count). The summed E-state index contributed by atoms with van der Waals surface area (Å²) in [5, 5.41) is 0. The monoisotopic (exact) mass is 244 g/mol. The summed E-state index contributed by atoms with van der Waals surface area (Å²) in [6.45, 7) is 4.23. The average molecular weight is 244 g/mol. The molecule has 4 nitrogen and oxygen atoms in total. The van der Waals surface area contributed by atoms with Crippen LogP contribution in [0.5, 0.6) is 0 Å². The summed E-state index contributed by atoms with van der Waals surface area (Å²) in [5.41, 5.74) is 3.11. The van der Waals surface area contributed by atoms with Gasteiger partial charge >= 0.3 is 5.97 Å². The zero-order chi connectivity index (χ0) is 13.0. The number of aryl methyl sites for hydroxylation is 1. The number of nitrogens with one attached hydrogen (secondary N) is 1. The van der Waals surface area contributed by atoms with Gasteiger partial charge in [0.1, 0.15) is 0 Å². The Kier molecular flexibility index (Phi) is 3.77. The number of hydrogen-bond donors (Lipinski definition) is 1. The lowest BCUT2D eigenvalue weighted by Crippen LogP contribution is -2.06. The van der Waals surface area contributed by atoms with Crippen LogP contribution in [0.2, 0.25) is 0 Å². The van der Waals surface area contributed by atoms with Gasteiger partial charge in [0.05, 0.1) is 18.5 Å². The number of rotatable bonds is 4. The fourth-order valence-electron chi connectivity index (χ4n) is 1.69. The van der Waals surface area contributed by atoms with Gasteiger partial charge in [-0.1, -0.05) is 31.2 Å². The van der Waals surface area contributed by atoms with E-state index >= 15 is 0 Å². The Morgan fingerprint density at radius 2 is 2.00 bits per heavy atom. The molecule has 0 aliphatic heterocycles. The number of hydrogen-bond acceptors (Lipinski definition) is 3. The van der Waals surface area contributed by atoms with Gasteiger partial charge in [0, 0.05) is 0 Å². The minimum atomic E-state index is -0.422. The zero-order valence-corrected chi connectivity index (χ0v) is 10.6. The maximum absolute atomic E-state index is 11.5. The van der Waals surface area contributed by atoms with Crippen molar-refractivity contribution >= 4 is 5.97 Å². The second-order valence-corrected chi connectivity index (χ2v) is 3.92. The van der Waals surface area contributed by atoms with Gasteiger partial charge in [-0.25, -0.2) is 9.78 Å². The molecule has 4 heteroatoms. The van der Waals surface area contributed by atoms with Gasteiger partial charge in [-0.05, 0) is 24.5 Å². The highest BCUT2D eigenvalue weighted by atomic mass is 16.5. The summed E-state index contributed by atoms with van der Waals surface area (Å²) in [4.78, 5) is 18.5. The molecule has 2 aromatic rings. The van der Waals surface area contributed by atoms with Crippen LogP contribution in [0.3, 0.4) is 0 Å². The second-order valence-electron chi connectivity index (χ2n) is 3.92. The Bertz CT molecular complexity index is 529. The first-order valence-electron chi connectivity index (χ1n) is 6.06. The highest BCUT2D eigenvalue weighted by Crippen LogP contribution is 2.18. The molecule has 94 valence electrons. The van der Waals surface area contributed by atoms with Gasteiger partial charge in [0.25, 0.3) is 0 Å². The standard InChI is InChI=1S/C14H16N2O2/c1-3-10-5-7-11(8-6-10)12-9-15-13(16-12)14(17)18-4-2/h5-9H,3-4H2,1-2H3,(H,15,16). The highest BCUT2D eigenvalue weighted by Gasteiger charge is 2.11. The van der Waals surface area contributed by atoms with Gasteiger partial charge in [-0.2, -0.15) is 0 Å². The van der Waals surface area contributed by atoms with E-state index in [-0.39, 0.29) is 5.82 Å². The normalized spacial score (nSPS) is 10.3. The summed E-state index contributed by atoms with van der Waals surface area (Å²) < 4.78 is 4.88. The van der Waals surface area contributed by atoms with Gasteiger partial charge in [0.15, 0.2) is 0 Å². The topological polar surface area (TPSA) is 55.0 Å².